The zero-order valence-electron chi connectivity index (χ0n) is 17.2. The lowest BCUT2D eigenvalue weighted by molar-refractivity contribution is -0.141. The van der Waals surface area contributed by atoms with Gasteiger partial charge in [-0.3, -0.25) is 0 Å². The van der Waals surface area contributed by atoms with Crippen LogP contribution in [0.15, 0.2) is 14.8 Å². The molecule has 31 heavy (non-hydrogen) atoms. The van der Waals surface area contributed by atoms with Crippen LogP contribution in [0.2, 0.25) is 0 Å². The van der Waals surface area contributed by atoms with E-state index in [9.17, 15) is 27.3 Å². The zero-order chi connectivity index (χ0) is 23.4. The van der Waals surface area contributed by atoms with Crippen molar-refractivity contribution in [1.82, 2.24) is 9.97 Å². The number of fused-ring (bicyclic) bond motifs is 1. The van der Waals surface area contributed by atoms with E-state index in [4.69, 9.17) is 5.14 Å². The third kappa shape index (κ3) is 4.73. The maximum atomic E-state index is 13.5. The summed E-state index contributed by atoms with van der Waals surface area (Å²) in [5.41, 5.74) is -1.88. The predicted molar refractivity (Wildman–Crippen MR) is 110 cm³/mol. The number of alkyl halides is 3. The number of anilines is 1. The third-order valence-electron chi connectivity index (χ3n) is 4.88. The van der Waals surface area contributed by atoms with Crippen molar-refractivity contribution in [3.63, 3.8) is 0 Å². The van der Waals surface area contributed by atoms with Crippen molar-refractivity contribution in [2.24, 2.45) is 9.50 Å². The molecule has 0 radical (unpaired) electrons. The highest BCUT2D eigenvalue weighted by Crippen LogP contribution is 2.42. The minimum absolute atomic E-state index is 0.0351. The number of aromatic nitrogens is 2. The first-order valence-corrected chi connectivity index (χ1v) is 11.7. The number of carbonyl (C=O) groups excluding carboxylic acids is 1. The minimum atomic E-state index is -4.70. The molecule has 1 aliphatic rings. The normalized spacial score (nSPS) is 18.4. The van der Waals surface area contributed by atoms with Gasteiger partial charge in [-0.25, -0.2) is 24.1 Å². The molecule has 3 rings (SSSR count). The van der Waals surface area contributed by atoms with E-state index in [2.05, 4.69) is 19.6 Å². The second-order valence-corrected chi connectivity index (χ2v) is 10.9. The van der Waals surface area contributed by atoms with Crippen LogP contribution in [0.25, 0.3) is 0 Å². The lowest BCUT2D eigenvalue weighted by atomic mass is 10.0. The van der Waals surface area contributed by atoms with Crippen LogP contribution in [-0.2, 0) is 28.1 Å². The number of thiazole rings is 1. The topological polar surface area (TPSA) is 131 Å². The van der Waals surface area contributed by atoms with Gasteiger partial charge in [0, 0.05) is 11.3 Å². The van der Waals surface area contributed by atoms with Crippen LogP contribution in [0.1, 0.15) is 60.6 Å². The number of hydrogen-bond donors (Lipinski definition) is 3. The van der Waals surface area contributed by atoms with Gasteiger partial charge in [-0.2, -0.15) is 13.2 Å². The van der Waals surface area contributed by atoms with Crippen LogP contribution in [0.5, 0.6) is 0 Å². The Labute approximate surface area is 181 Å². The number of rotatable bonds is 3. The van der Waals surface area contributed by atoms with Gasteiger partial charge in [0.2, 0.25) is 0 Å². The molecule has 0 aliphatic heterocycles. The van der Waals surface area contributed by atoms with Gasteiger partial charge in [0.05, 0.1) is 11.9 Å². The molecule has 170 valence electrons. The van der Waals surface area contributed by atoms with Crippen molar-refractivity contribution >= 4 is 33.0 Å². The lowest BCUT2D eigenvalue weighted by Crippen LogP contribution is -2.20. The van der Waals surface area contributed by atoms with Crippen LogP contribution in [-0.4, -0.2) is 25.3 Å². The van der Waals surface area contributed by atoms with Gasteiger partial charge in [0.15, 0.2) is 9.92 Å². The molecule has 2 heterocycles. The molecule has 0 saturated carbocycles. The van der Waals surface area contributed by atoms with Crippen molar-refractivity contribution in [2.75, 3.05) is 5.32 Å². The average molecular weight is 478 g/mol. The Balaban J connectivity index is 2.00. The van der Waals surface area contributed by atoms with E-state index in [1.165, 1.54) is 20.8 Å². The van der Waals surface area contributed by atoms with Crippen molar-refractivity contribution in [1.29, 1.82) is 0 Å². The van der Waals surface area contributed by atoms with Crippen LogP contribution in [0.3, 0.4) is 0 Å². The number of halogens is 3. The quantitative estimate of drug-likeness (QED) is 0.613. The maximum absolute atomic E-state index is 13.5. The third-order valence-corrected chi connectivity index (χ3v) is 8.07. The summed E-state index contributed by atoms with van der Waals surface area (Å²) >= 11 is 0.830. The molecule has 13 heteroatoms. The average Bonchev–Trinajstić information content (AvgIpc) is 3.23. The van der Waals surface area contributed by atoms with Crippen LogP contribution >= 0.6 is 11.3 Å². The number of aliphatic hydroxyl groups is 1. The van der Waals surface area contributed by atoms with Gasteiger partial charge in [0.1, 0.15) is 20.5 Å². The first kappa shape index (κ1) is 23.6. The van der Waals surface area contributed by atoms with Gasteiger partial charge >= 0.3 is 12.2 Å². The molecular formula is C18H22F3N5O3S2. The lowest BCUT2D eigenvalue weighted by Gasteiger charge is -2.18. The molecule has 2 aromatic heterocycles. The summed E-state index contributed by atoms with van der Waals surface area (Å²) < 4.78 is 56.6. The van der Waals surface area contributed by atoms with Crippen molar-refractivity contribution in [3.8, 4) is 0 Å². The van der Waals surface area contributed by atoms with E-state index < -0.39 is 33.4 Å². The summed E-state index contributed by atoms with van der Waals surface area (Å²) in [5.74, 6) is -0.194. The molecule has 1 aliphatic carbocycles. The van der Waals surface area contributed by atoms with Gasteiger partial charge < -0.3 is 10.4 Å². The van der Waals surface area contributed by atoms with Gasteiger partial charge in [-0.15, -0.1) is 15.7 Å². The summed E-state index contributed by atoms with van der Waals surface area (Å²) in [6.07, 6.45) is -2.51. The molecule has 2 atom stereocenters. The highest BCUT2D eigenvalue weighted by Gasteiger charge is 2.39. The number of hydrogen-bond acceptors (Lipinski definition) is 6. The van der Waals surface area contributed by atoms with Gasteiger partial charge in [-0.05, 0) is 45.1 Å². The highest BCUT2D eigenvalue weighted by molar-refractivity contribution is 7.93. The Morgan fingerprint density at radius 1 is 1.42 bits per heavy atom. The molecule has 2 amide bonds. The summed E-state index contributed by atoms with van der Waals surface area (Å²) in [6.45, 7) is 5.93. The van der Waals surface area contributed by atoms with E-state index in [1.807, 2.05) is 0 Å². The van der Waals surface area contributed by atoms with E-state index in [0.717, 1.165) is 17.5 Å². The number of nitrogens with zero attached hydrogens (tertiary/aromatic N) is 3. The Hall–Kier alpha value is -2.09. The number of urea groups is 1. The molecular weight excluding hydrogens is 455 g/mol. The van der Waals surface area contributed by atoms with Crippen LogP contribution in [0.4, 0.5) is 23.7 Å². The number of pyridine rings is 1. The molecule has 0 fully saturated rings. The Bertz CT molecular complexity index is 1160. The van der Waals surface area contributed by atoms with E-state index in [0.29, 0.717) is 18.4 Å². The summed E-state index contributed by atoms with van der Waals surface area (Å²) in [5, 5.41) is 18.3. The monoisotopic (exact) mass is 477 g/mol. The van der Waals surface area contributed by atoms with E-state index >= 15 is 0 Å². The number of amides is 2. The predicted octanol–water partition coefficient (Wildman–Crippen LogP) is 4.08. The van der Waals surface area contributed by atoms with Crippen LogP contribution in [0, 0.1) is 6.92 Å². The molecule has 4 N–H and O–H groups in total. The number of nitrogens with two attached hydrogens (primary N) is 1. The smallest absolute Gasteiger partial charge is 0.383 e. The van der Waals surface area contributed by atoms with Gasteiger partial charge in [-0.1, -0.05) is 6.92 Å². The molecule has 0 saturated heterocycles. The molecule has 0 bridgehead atoms. The largest absolute Gasteiger partial charge is 0.433 e. The maximum Gasteiger partial charge on any atom is 0.433 e. The molecule has 0 aromatic carbocycles. The minimum Gasteiger partial charge on any atom is -0.383 e. The fourth-order valence-electron chi connectivity index (χ4n) is 3.32. The molecule has 0 spiro atoms. The van der Waals surface area contributed by atoms with E-state index in [1.54, 1.807) is 6.92 Å². The number of carbonyl (C=O) groups is 1. The second-order valence-electron chi connectivity index (χ2n) is 7.90. The first-order chi connectivity index (χ1) is 14.1. The Morgan fingerprint density at radius 2 is 2.06 bits per heavy atom. The van der Waals surface area contributed by atoms with E-state index in [-0.39, 0.29) is 32.1 Å². The Morgan fingerprint density at radius 3 is 2.61 bits per heavy atom. The fraction of sp³-hybridized carbons (Fsp3) is 0.500. The SMILES string of the molecule is Cc1c(C(F)(F)F)nc2c(c1NC(=O)N=[S@@](N)(=O)c1cnc(C(C)(C)O)s1)CCC2C. The van der Waals surface area contributed by atoms with Crippen molar-refractivity contribution in [3.05, 3.63) is 33.7 Å². The van der Waals surface area contributed by atoms with Crippen molar-refractivity contribution in [2.45, 2.75) is 62.4 Å². The number of nitrogens with one attached hydrogen (secondary N) is 1. The van der Waals surface area contributed by atoms with Crippen LogP contribution < -0.4 is 10.5 Å². The van der Waals surface area contributed by atoms with Crippen molar-refractivity contribution < 1.29 is 27.3 Å². The highest BCUT2D eigenvalue weighted by atomic mass is 32.2. The molecule has 2 aromatic rings. The molecule has 1 unspecified atom stereocenters. The zero-order valence-corrected chi connectivity index (χ0v) is 18.8. The first-order valence-electron chi connectivity index (χ1n) is 9.26. The summed E-state index contributed by atoms with van der Waals surface area (Å²) in [4.78, 5) is 20.2. The summed E-state index contributed by atoms with van der Waals surface area (Å²) in [6, 6.07) is -1.14. The summed E-state index contributed by atoms with van der Waals surface area (Å²) in [7, 11) is -3.73. The molecule has 8 nitrogen and oxygen atoms in total. The standard InChI is InChI=1S/C18H22F3N5O3S2/c1-8-5-6-10-12(8)24-14(18(19,20)21)9(2)13(10)25-16(27)26-31(22,29)11-7-23-15(30-11)17(3,4)28/h7-8,28H,5-6H2,1-4H3,(H3,22,24,25,26,27,29)/t8?,31-/m1/s1. The second kappa shape index (κ2) is 7.80. The fourth-order valence-corrected chi connectivity index (χ4v) is 5.39. The van der Waals surface area contributed by atoms with Gasteiger partial charge in [0.25, 0.3) is 0 Å². The Kier molecular flexibility index (Phi) is 5.93.